The molecule has 0 radical (unpaired) electrons. The molecular weight excluding hydrogens is 282 g/mol. The molecule has 0 aliphatic carbocycles. The minimum atomic E-state index is -0.622. The van der Waals surface area contributed by atoms with Crippen molar-refractivity contribution in [3.05, 3.63) is 46.5 Å². The summed E-state index contributed by atoms with van der Waals surface area (Å²) in [6.45, 7) is 6.32. The van der Waals surface area contributed by atoms with Gasteiger partial charge < -0.3 is 4.74 Å². The Morgan fingerprint density at radius 1 is 1.32 bits per heavy atom. The van der Waals surface area contributed by atoms with E-state index in [1.54, 1.807) is 31.5 Å². The van der Waals surface area contributed by atoms with Gasteiger partial charge in [-0.2, -0.15) is 5.10 Å². The molecule has 6 heteroatoms. The van der Waals surface area contributed by atoms with Crippen LogP contribution in [-0.4, -0.2) is 27.3 Å². The zero-order valence-electron chi connectivity index (χ0n) is 12.9. The standard InChI is InChI=1S/C16H19N3O3/c1-4-22-16(21)13-9-14(12-5-7-17-8-6-12)18-19(15(13)20)10-11(2)3/h5-9,11H,4,10H2,1-3H3. The summed E-state index contributed by atoms with van der Waals surface area (Å²) in [4.78, 5) is 28.4. The average Bonchev–Trinajstić information content (AvgIpc) is 2.50. The first-order valence-electron chi connectivity index (χ1n) is 7.22. The second-order valence-electron chi connectivity index (χ2n) is 5.28. The number of hydrogen-bond acceptors (Lipinski definition) is 5. The number of hydrogen-bond donors (Lipinski definition) is 0. The van der Waals surface area contributed by atoms with Crippen molar-refractivity contribution in [3.63, 3.8) is 0 Å². The predicted octanol–water partition coefficient (Wildman–Crippen LogP) is 2.14. The van der Waals surface area contributed by atoms with E-state index in [2.05, 4.69) is 10.1 Å². The van der Waals surface area contributed by atoms with E-state index in [0.29, 0.717) is 12.2 Å². The number of ether oxygens (including phenoxy) is 1. The van der Waals surface area contributed by atoms with Gasteiger partial charge in [-0.3, -0.25) is 9.78 Å². The van der Waals surface area contributed by atoms with Crippen LogP contribution in [0.25, 0.3) is 11.3 Å². The maximum Gasteiger partial charge on any atom is 0.343 e. The lowest BCUT2D eigenvalue weighted by Gasteiger charge is -2.12. The maximum absolute atomic E-state index is 12.4. The lowest BCUT2D eigenvalue weighted by atomic mass is 10.1. The number of esters is 1. The molecule has 0 amide bonds. The van der Waals surface area contributed by atoms with Crippen molar-refractivity contribution in [2.75, 3.05) is 6.61 Å². The minimum absolute atomic E-state index is 0.00399. The highest BCUT2D eigenvalue weighted by molar-refractivity contribution is 5.90. The molecule has 2 aromatic heterocycles. The van der Waals surface area contributed by atoms with E-state index in [-0.39, 0.29) is 18.1 Å². The first-order valence-corrected chi connectivity index (χ1v) is 7.22. The third-order valence-electron chi connectivity index (χ3n) is 2.98. The van der Waals surface area contributed by atoms with E-state index >= 15 is 0 Å². The van der Waals surface area contributed by atoms with Crippen molar-refractivity contribution in [2.45, 2.75) is 27.3 Å². The van der Waals surface area contributed by atoms with Crippen LogP contribution in [0.15, 0.2) is 35.4 Å². The third kappa shape index (κ3) is 3.58. The zero-order chi connectivity index (χ0) is 16.1. The number of aromatic nitrogens is 3. The molecule has 0 saturated carbocycles. The molecule has 0 aromatic carbocycles. The largest absolute Gasteiger partial charge is 0.462 e. The summed E-state index contributed by atoms with van der Waals surface area (Å²) in [6.07, 6.45) is 3.28. The molecule has 22 heavy (non-hydrogen) atoms. The van der Waals surface area contributed by atoms with Gasteiger partial charge in [0.15, 0.2) is 0 Å². The summed E-state index contributed by atoms with van der Waals surface area (Å²) in [5.41, 5.74) is 0.915. The van der Waals surface area contributed by atoms with Gasteiger partial charge in [0.2, 0.25) is 0 Å². The molecule has 0 saturated heterocycles. The number of nitrogens with zero attached hydrogens (tertiary/aromatic N) is 3. The lowest BCUT2D eigenvalue weighted by Crippen LogP contribution is -2.31. The average molecular weight is 301 g/mol. The van der Waals surface area contributed by atoms with Crippen molar-refractivity contribution in [3.8, 4) is 11.3 Å². The molecule has 116 valence electrons. The van der Waals surface area contributed by atoms with Crippen LogP contribution >= 0.6 is 0 Å². The van der Waals surface area contributed by atoms with Crippen molar-refractivity contribution in [1.82, 2.24) is 14.8 Å². The summed E-state index contributed by atoms with van der Waals surface area (Å²) in [7, 11) is 0. The topological polar surface area (TPSA) is 74.1 Å². The number of rotatable bonds is 5. The lowest BCUT2D eigenvalue weighted by molar-refractivity contribution is 0.0523. The van der Waals surface area contributed by atoms with Crippen molar-refractivity contribution >= 4 is 5.97 Å². The first kappa shape index (κ1) is 15.9. The Morgan fingerprint density at radius 2 is 2.00 bits per heavy atom. The van der Waals surface area contributed by atoms with Crippen LogP contribution in [0.2, 0.25) is 0 Å². The van der Waals surface area contributed by atoms with Crippen LogP contribution in [0.1, 0.15) is 31.1 Å². The van der Waals surface area contributed by atoms with Crippen LogP contribution in [0.5, 0.6) is 0 Å². The van der Waals surface area contributed by atoms with Gasteiger partial charge in [-0.1, -0.05) is 13.8 Å². The number of carbonyl (C=O) groups is 1. The summed E-state index contributed by atoms with van der Waals surface area (Å²) in [5, 5.41) is 4.35. The summed E-state index contributed by atoms with van der Waals surface area (Å²) in [5.74, 6) is -0.393. The molecule has 0 aliphatic rings. The van der Waals surface area contributed by atoms with Crippen LogP contribution in [0, 0.1) is 5.92 Å². The van der Waals surface area contributed by atoms with Gasteiger partial charge in [-0.25, -0.2) is 9.48 Å². The second kappa shape index (κ2) is 6.98. The zero-order valence-corrected chi connectivity index (χ0v) is 12.9. The van der Waals surface area contributed by atoms with E-state index in [9.17, 15) is 9.59 Å². The van der Waals surface area contributed by atoms with Gasteiger partial charge in [-0.05, 0) is 31.0 Å². The Morgan fingerprint density at radius 3 is 2.59 bits per heavy atom. The highest BCUT2D eigenvalue weighted by Gasteiger charge is 2.17. The summed E-state index contributed by atoms with van der Waals surface area (Å²) < 4.78 is 6.29. The van der Waals surface area contributed by atoms with Crippen molar-refractivity contribution in [1.29, 1.82) is 0 Å². The van der Waals surface area contributed by atoms with Gasteiger partial charge in [0.1, 0.15) is 5.56 Å². The fraction of sp³-hybridized carbons (Fsp3) is 0.375. The highest BCUT2D eigenvalue weighted by atomic mass is 16.5. The molecule has 0 spiro atoms. The Kier molecular flexibility index (Phi) is 5.04. The van der Waals surface area contributed by atoms with Gasteiger partial charge in [0, 0.05) is 24.5 Å². The molecule has 2 rings (SSSR count). The monoisotopic (exact) mass is 301 g/mol. The normalized spacial score (nSPS) is 10.7. The Labute approximate surface area is 128 Å². The van der Waals surface area contributed by atoms with E-state index in [4.69, 9.17) is 4.74 Å². The van der Waals surface area contributed by atoms with Crippen LogP contribution < -0.4 is 5.56 Å². The Bertz CT molecular complexity index is 708. The minimum Gasteiger partial charge on any atom is -0.462 e. The second-order valence-corrected chi connectivity index (χ2v) is 5.28. The number of carbonyl (C=O) groups excluding carboxylic acids is 1. The fourth-order valence-electron chi connectivity index (χ4n) is 2.03. The molecule has 0 fully saturated rings. The van der Waals surface area contributed by atoms with Crippen LogP contribution in [0.3, 0.4) is 0 Å². The van der Waals surface area contributed by atoms with Crippen LogP contribution in [-0.2, 0) is 11.3 Å². The SMILES string of the molecule is CCOC(=O)c1cc(-c2ccncc2)nn(CC(C)C)c1=O. The molecule has 2 heterocycles. The molecule has 0 N–H and O–H groups in total. The fourth-order valence-corrected chi connectivity index (χ4v) is 2.03. The molecular formula is C16H19N3O3. The smallest absolute Gasteiger partial charge is 0.343 e. The summed E-state index contributed by atoms with van der Waals surface area (Å²) in [6, 6.07) is 5.04. The highest BCUT2D eigenvalue weighted by Crippen LogP contribution is 2.16. The van der Waals surface area contributed by atoms with Crippen molar-refractivity contribution in [2.24, 2.45) is 5.92 Å². The van der Waals surface area contributed by atoms with Crippen molar-refractivity contribution < 1.29 is 9.53 Å². The van der Waals surface area contributed by atoms with Gasteiger partial charge in [0.05, 0.1) is 12.3 Å². The van der Waals surface area contributed by atoms with E-state index in [1.807, 2.05) is 13.8 Å². The third-order valence-corrected chi connectivity index (χ3v) is 2.98. The number of pyridine rings is 1. The molecule has 0 aliphatic heterocycles. The van der Waals surface area contributed by atoms with E-state index < -0.39 is 11.5 Å². The van der Waals surface area contributed by atoms with Crippen LogP contribution in [0.4, 0.5) is 0 Å². The summed E-state index contributed by atoms with van der Waals surface area (Å²) >= 11 is 0. The molecule has 6 nitrogen and oxygen atoms in total. The molecule has 2 aromatic rings. The maximum atomic E-state index is 12.4. The van der Waals surface area contributed by atoms with Gasteiger partial charge >= 0.3 is 5.97 Å². The quantitative estimate of drug-likeness (QED) is 0.791. The van der Waals surface area contributed by atoms with Gasteiger partial charge in [0.25, 0.3) is 5.56 Å². The Hall–Kier alpha value is -2.50. The Balaban J connectivity index is 2.58. The van der Waals surface area contributed by atoms with E-state index in [0.717, 1.165) is 5.56 Å². The molecule has 0 unspecified atom stereocenters. The first-order chi connectivity index (χ1) is 10.5. The van der Waals surface area contributed by atoms with Gasteiger partial charge in [-0.15, -0.1) is 0 Å². The molecule has 0 atom stereocenters. The predicted molar refractivity (Wildman–Crippen MR) is 82.5 cm³/mol. The van der Waals surface area contributed by atoms with E-state index in [1.165, 1.54) is 10.7 Å². The molecule has 0 bridgehead atoms.